The highest BCUT2D eigenvalue weighted by Crippen LogP contribution is 2.23. The summed E-state index contributed by atoms with van der Waals surface area (Å²) >= 11 is 0. The van der Waals surface area contributed by atoms with Crippen molar-refractivity contribution in [2.24, 2.45) is 0 Å². The Hall–Kier alpha value is -2.11. The maximum absolute atomic E-state index is 13.1. The Kier molecular flexibility index (Phi) is 52.2. The molecule has 0 aliphatic carbocycles. The Labute approximate surface area is 462 Å². The minimum atomic E-state index is -1.57. The molecule has 1 saturated heterocycles. The van der Waals surface area contributed by atoms with Gasteiger partial charge in [-0.25, -0.2) is 0 Å². The maximum Gasteiger partial charge on any atom is 0.220 e. The van der Waals surface area contributed by atoms with Gasteiger partial charge in [0.25, 0.3) is 0 Å². The van der Waals surface area contributed by atoms with E-state index in [1.807, 2.05) is 6.08 Å². The van der Waals surface area contributed by atoms with E-state index in [0.717, 1.165) is 64.2 Å². The van der Waals surface area contributed by atoms with Crippen molar-refractivity contribution in [3.8, 4) is 0 Å². The van der Waals surface area contributed by atoms with Crippen molar-refractivity contribution in [1.82, 2.24) is 5.32 Å². The standard InChI is InChI=1S/C66H121NO8/c1-3-5-7-9-11-13-15-17-19-21-23-25-26-27-28-29-30-31-32-33-34-36-38-40-42-44-46-48-50-52-54-56-62(70)67-59(58-74-66-65(73)64(72)63(71)61(57-68)75-66)60(69)55-53-51-49-47-45-43-41-39-37-35-24-22-20-18-16-14-12-10-8-6-4-2/h5,7,11,13,17,19,23,25,53,55,59-61,63-66,68-69,71-73H,3-4,6,8-10,12,14-16,18,20-22,24,26-52,54,56-58H2,1-2H3,(H,67,70)/b7-5-,13-11-,19-17-,25-23-,55-53+. The molecule has 0 aromatic heterocycles. The number of rotatable bonds is 55. The van der Waals surface area contributed by atoms with Gasteiger partial charge in [0.15, 0.2) is 6.29 Å². The largest absolute Gasteiger partial charge is 0.394 e. The molecule has 1 aliphatic rings. The molecule has 6 N–H and O–H groups in total. The summed E-state index contributed by atoms with van der Waals surface area (Å²) in [5.41, 5.74) is 0. The van der Waals surface area contributed by atoms with E-state index in [2.05, 4.69) is 67.8 Å². The van der Waals surface area contributed by atoms with Crippen molar-refractivity contribution >= 4 is 5.91 Å². The summed E-state index contributed by atoms with van der Waals surface area (Å²) in [6.45, 7) is 3.70. The first-order chi connectivity index (χ1) is 36.8. The molecule has 0 saturated carbocycles. The van der Waals surface area contributed by atoms with Crippen LogP contribution < -0.4 is 5.32 Å². The number of aliphatic hydroxyl groups is 5. The molecular weight excluding hydrogens is 935 g/mol. The second-order valence-electron chi connectivity index (χ2n) is 22.2. The van der Waals surface area contributed by atoms with E-state index in [1.165, 1.54) is 212 Å². The van der Waals surface area contributed by atoms with Crippen LogP contribution in [0.1, 0.15) is 296 Å². The van der Waals surface area contributed by atoms with Gasteiger partial charge in [0.2, 0.25) is 5.91 Å². The molecule has 0 bridgehead atoms. The summed E-state index contributed by atoms with van der Waals surface area (Å²) in [4.78, 5) is 13.1. The third kappa shape index (κ3) is 44.4. The molecule has 75 heavy (non-hydrogen) atoms. The van der Waals surface area contributed by atoms with Gasteiger partial charge in [0, 0.05) is 6.42 Å². The first-order valence-corrected chi connectivity index (χ1v) is 32.0. The lowest BCUT2D eigenvalue weighted by molar-refractivity contribution is -0.302. The second kappa shape index (κ2) is 55.2. The van der Waals surface area contributed by atoms with Gasteiger partial charge in [-0.2, -0.15) is 0 Å². The molecule has 1 amide bonds. The highest BCUT2D eigenvalue weighted by Gasteiger charge is 2.44. The summed E-state index contributed by atoms with van der Waals surface area (Å²) < 4.78 is 11.3. The van der Waals surface area contributed by atoms with Gasteiger partial charge in [0.1, 0.15) is 24.4 Å². The molecule has 1 rings (SSSR count). The normalized spacial score (nSPS) is 19.3. The van der Waals surface area contributed by atoms with Crippen LogP contribution >= 0.6 is 0 Å². The van der Waals surface area contributed by atoms with Gasteiger partial charge in [-0.15, -0.1) is 0 Å². The Bertz CT molecular complexity index is 1360. The second-order valence-corrected chi connectivity index (χ2v) is 22.2. The Morgan fingerprint density at radius 3 is 1.23 bits per heavy atom. The zero-order valence-electron chi connectivity index (χ0n) is 48.8. The number of carbonyl (C=O) groups excluding carboxylic acids is 1. The van der Waals surface area contributed by atoms with E-state index in [1.54, 1.807) is 6.08 Å². The number of amides is 1. The fraction of sp³-hybridized carbons (Fsp3) is 0.833. The molecule has 438 valence electrons. The first kappa shape index (κ1) is 70.9. The lowest BCUT2D eigenvalue weighted by atomic mass is 9.99. The van der Waals surface area contributed by atoms with Gasteiger partial charge in [-0.3, -0.25) is 4.79 Å². The van der Waals surface area contributed by atoms with Crippen molar-refractivity contribution in [2.75, 3.05) is 13.2 Å². The highest BCUT2D eigenvalue weighted by molar-refractivity contribution is 5.76. The summed E-state index contributed by atoms with van der Waals surface area (Å²) in [6.07, 6.45) is 68.7. The van der Waals surface area contributed by atoms with Gasteiger partial charge in [-0.05, 0) is 57.8 Å². The minimum Gasteiger partial charge on any atom is -0.394 e. The number of nitrogens with one attached hydrogen (secondary N) is 1. The monoisotopic (exact) mass is 1060 g/mol. The lowest BCUT2D eigenvalue weighted by Crippen LogP contribution is -2.60. The van der Waals surface area contributed by atoms with Gasteiger partial charge < -0.3 is 40.3 Å². The fourth-order valence-corrected chi connectivity index (χ4v) is 10.1. The average Bonchev–Trinajstić information content (AvgIpc) is 3.41. The molecule has 1 heterocycles. The van der Waals surface area contributed by atoms with E-state index >= 15 is 0 Å². The molecule has 0 spiro atoms. The fourth-order valence-electron chi connectivity index (χ4n) is 10.1. The predicted molar refractivity (Wildman–Crippen MR) is 318 cm³/mol. The number of hydrogen-bond acceptors (Lipinski definition) is 8. The Morgan fingerprint density at radius 2 is 0.827 bits per heavy atom. The molecule has 9 nitrogen and oxygen atoms in total. The van der Waals surface area contributed by atoms with Crippen LogP contribution in [0.5, 0.6) is 0 Å². The van der Waals surface area contributed by atoms with Crippen LogP contribution in [0.2, 0.25) is 0 Å². The average molecular weight is 1060 g/mol. The maximum atomic E-state index is 13.1. The van der Waals surface area contributed by atoms with Gasteiger partial charge in [-0.1, -0.05) is 293 Å². The molecule has 7 atom stereocenters. The van der Waals surface area contributed by atoms with Crippen molar-refractivity contribution in [1.29, 1.82) is 0 Å². The first-order valence-electron chi connectivity index (χ1n) is 32.0. The Morgan fingerprint density at radius 1 is 0.467 bits per heavy atom. The number of unbranched alkanes of at least 4 members (excludes halogenated alkanes) is 37. The Balaban J connectivity index is 2.15. The summed E-state index contributed by atoms with van der Waals surface area (Å²) in [6, 6.07) is -0.806. The quantitative estimate of drug-likeness (QED) is 0.0261. The van der Waals surface area contributed by atoms with Crippen molar-refractivity contribution in [3.63, 3.8) is 0 Å². The van der Waals surface area contributed by atoms with Crippen molar-refractivity contribution < 1.29 is 39.8 Å². The summed E-state index contributed by atoms with van der Waals surface area (Å²) in [5, 5.41) is 54.7. The number of hydrogen-bond donors (Lipinski definition) is 6. The third-order valence-corrected chi connectivity index (χ3v) is 15.1. The molecule has 7 unspecified atom stereocenters. The van der Waals surface area contributed by atoms with Crippen LogP contribution in [0.4, 0.5) is 0 Å². The molecule has 9 heteroatoms. The summed E-state index contributed by atoms with van der Waals surface area (Å²) in [7, 11) is 0. The molecule has 0 radical (unpaired) electrons. The van der Waals surface area contributed by atoms with E-state index < -0.39 is 49.5 Å². The highest BCUT2D eigenvalue weighted by atomic mass is 16.7. The summed E-state index contributed by atoms with van der Waals surface area (Å²) in [5.74, 6) is -0.173. The van der Waals surface area contributed by atoms with Crippen molar-refractivity contribution in [2.45, 2.75) is 339 Å². The van der Waals surface area contributed by atoms with Crippen LogP contribution in [-0.4, -0.2) is 87.5 Å². The van der Waals surface area contributed by atoms with E-state index in [9.17, 15) is 30.3 Å². The number of allylic oxidation sites excluding steroid dienone is 9. The van der Waals surface area contributed by atoms with Gasteiger partial charge >= 0.3 is 0 Å². The smallest absolute Gasteiger partial charge is 0.220 e. The molecule has 1 aliphatic heterocycles. The topological polar surface area (TPSA) is 149 Å². The minimum absolute atomic E-state index is 0.173. The van der Waals surface area contributed by atoms with Crippen LogP contribution in [0.3, 0.4) is 0 Å². The molecule has 1 fully saturated rings. The van der Waals surface area contributed by atoms with E-state index in [0.29, 0.717) is 6.42 Å². The lowest BCUT2D eigenvalue weighted by Gasteiger charge is -2.40. The number of ether oxygens (including phenoxy) is 2. The van der Waals surface area contributed by atoms with Crippen LogP contribution in [0, 0.1) is 0 Å². The van der Waals surface area contributed by atoms with Crippen molar-refractivity contribution in [3.05, 3.63) is 60.8 Å². The van der Waals surface area contributed by atoms with Gasteiger partial charge in [0.05, 0.1) is 25.4 Å². The zero-order valence-corrected chi connectivity index (χ0v) is 48.8. The molecular formula is C66H121NO8. The molecule has 0 aromatic carbocycles. The predicted octanol–water partition coefficient (Wildman–Crippen LogP) is 16.6. The van der Waals surface area contributed by atoms with Crippen LogP contribution in [-0.2, 0) is 14.3 Å². The number of carbonyl (C=O) groups is 1. The molecule has 0 aromatic rings. The SMILES string of the molecule is CC/C=C\C/C=C\C/C=C\C/C=C\CCCCCCCCCCCCCCCCCCCCC(=O)NC(COC1OC(CO)C(O)C(O)C1O)C(O)/C=C/CCCCCCCCCCCCCCCCCCCCC. The third-order valence-electron chi connectivity index (χ3n) is 15.1. The number of aliphatic hydroxyl groups excluding tert-OH is 5. The van der Waals surface area contributed by atoms with Crippen LogP contribution in [0.25, 0.3) is 0 Å². The van der Waals surface area contributed by atoms with E-state index in [-0.39, 0.29) is 12.5 Å². The van der Waals surface area contributed by atoms with Crippen LogP contribution in [0.15, 0.2) is 60.8 Å². The zero-order chi connectivity index (χ0) is 54.3. The van der Waals surface area contributed by atoms with E-state index in [4.69, 9.17) is 9.47 Å².